The lowest BCUT2D eigenvalue weighted by Crippen LogP contribution is -1.94. The molecule has 220 valence electrons. The third kappa shape index (κ3) is 4.82. The van der Waals surface area contributed by atoms with Crippen molar-refractivity contribution in [2.24, 2.45) is 0 Å². The molecule has 0 amide bonds. The maximum absolute atomic E-state index is 6.41. The van der Waals surface area contributed by atoms with E-state index in [4.69, 9.17) is 19.4 Å². The molecule has 47 heavy (non-hydrogen) atoms. The molecule has 9 aromatic rings. The summed E-state index contributed by atoms with van der Waals surface area (Å²) >= 11 is 0. The van der Waals surface area contributed by atoms with E-state index in [0.29, 0.717) is 0 Å². The van der Waals surface area contributed by atoms with E-state index in [1.165, 1.54) is 0 Å². The predicted octanol–water partition coefficient (Wildman–Crippen LogP) is 10.7. The van der Waals surface area contributed by atoms with Crippen molar-refractivity contribution in [2.75, 3.05) is 0 Å². The molecule has 0 bridgehead atoms. The van der Waals surface area contributed by atoms with Crippen LogP contribution < -0.4 is 0 Å². The highest BCUT2D eigenvalue weighted by atomic mass is 16.3. The Balaban J connectivity index is 1.08. The quantitative estimate of drug-likeness (QED) is 0.196. The van der Waals surface area contributed by atoms with E-state index in [1.54, 1.807) is 6.20 Å². The van der Waals surface area contributed by atoms with Crippen LogP contribution in [-0.2, 0) is 0 Å². The lowest BCUT2D eigenvalue weighted by Gasteiger charge is -2.10. The monoisotopic (exact) mass is 602 g/mol. The standard InChI is InChI=1S/C42H26N4O/c1-2-10-27(11-3-1)31-24-37(35-15-8-9-23-43-35)45-38(25-31)36-22-21-30(26-44-36)28-17-19-29(20-18-28)41-42-40(32-12-4-6-14-34(32)46-41)33-13-5-7-16-39(33)47-42/h1-26H. The van der Waals surface area contributed by atoms with Gasteiger partial charge in [-0.2, -0.15) is 0 Å². The zero-order valence-electron chi connectivity index (χ0n) is 25.2. The molecule has 0 aliphatic carbocycles. The first-order chi connectivity index (χ1) is 23.3. The van der Waals surface area contributed by atoms with Crippen LogP contribution in [0.25, 0.3) is 89.1 Å². The molecule has 0 atom stereocenters. The minimum Gasteiger partial charge on any atom is -0.454 e. The Morgan fingerprint density at radius 3 is 1.85 bits per heavy atom. The first kappa shape index (κ1) is 26.9. The zero-order valence-corrected chi connectivity index (χ0v) is 25.2. The van der Waals surface area contributed by atoms with Crippen LogP contribution in [0.2, 0.25) is 0 Å². The zero-order chi connectivity index (χ0) is 31.2. The third-order valence-corrected chi connectivity index (χ3v) is 8.59. The van der Waals surface area contributed by atoms with Crippen LogP contribution >= 0.6 is 0 Å². The number of para-hydroxylation sites is 2. The summed E-state index contributed by atoms with van der Waals surface area (Å²) in [5, 5.41) is 3.29. The summed E-state index contributed by atoms with van der Waals surface area (Å²) in [7, 11) is 0. The Hall–Kier alpha value is -6.46. The van der Waals surface area contributed by atoms with Gasteiger partial charge in [-0.25, -0.2) is 9.97 Å². The SMILES string of the molecule is c1ccc(-c2cc(-c3ccccn3)nc(-c3ccc(-c4ccc(-c5nc6ccccc6c6c5oc5ccccc56)cc4)cn3)c2)cc1. The molecular weight excluding hydrogens is 576 g/mol. The second-order valence-electron chi connectivity index (χ2n) is 11.5. The maximum atomic E-state index is 6.41. The molecule has 0 saturated heterocycles. The maximum Gasteiger partial charge on any atom is 0.162 e. The van der Waals surface area contributed by atoms with Crippen LogP contribution in [0.3, 0.4) is 0 Å². The summed E-state index contributed by atoms with van der Waals surface area (Å²) < 4.78 is 6.41. The number of hydrogen-bond donors (Lipinski definition) is 0. The number of benzene rings is 4. The number of hydrogen-bond acceptors (Lipinski definition) is 5. The second kappa shape index (κ2) is 11.2. The summed E-state index contributed by atoms with van der Waals surface area (Å²) in [4.78, 5) is 19.4. The van der Waals surface area contributed by atoms with E-state index in [2.05, 4.69) is 89.9 Å². The molecule has 0 spiro atoms. The van der Waals surface area contributed by atoms with Crippen LogP contribution in [0.5, 0.6) is 0 Å². The number of aromatic nitrogens is 4. The lowest BCUT2D eigenvalue weighted by atomic mass is 10.0. The molecule has 0 fully saturated rings. The molecule has 5 heterocycles. The molecular formula is C42H26N4O. The first-order valence-electron chi connectivity index (χ1n) is 15.5. The summed E-state index contributed by atoms with van der Waals surface area (Å²) in [5.41, 5.74) is 11.9. The van der Waals surface area contributed by atoms with Crippen molar-refractivity contribution in [1.29, 1.82) is 0 Å². The minimum absolute atomic E-state index is 0.797. The van der Waals surface area contributed by atoms with Crippen molar-refractivity contribution < 1.29 is 4.42 Å². The van der Waals surface area contributed by atoms with Gasteiger partial charge in [0, 0.05) is 39.7 Å². The summed E-state index contributed by atoms with van der Waals surface area (Å²) in [6.07, 6.45) is 3.70. The van der Waals surface area contributed by atoms with E-state index in [1.807, 2.05) is 66.9 Å². The summed E-state index contributed by atoms with van der Waals surface area (Å²) in [6.45, 7) is 0. The molecule has 0 radical (unpaired) electrons. The van der Waals surface area contributed by atoms with Crippen molar-refractivity contribution in [2.45, 2.75) is 0 Å². The van der Waals surface area contributed by atoms with Gasteiger partial charge in [0.2, 0.25) is 0 Å². The highest BCUT2D eigenvalue weighted by Crippen LogP contribution is 2.39. The predicted molar refractivity (Wildman–Crippen MR) is 190 cm³/mol. The molecule has 0 unspecified atom stereocenters. The lowest BCUT2D eigenvalue weighted by molar-refractivity contribution is 0.669. The third-order valence-electron chi connectivity index (χ3n) is 8.59. The summed E-state index contributed by atoms with van der Waals surface area (Å²) in [6, 6.07) is 49.4. The number of fused-ring (bicyclic) bond motifs is 5. The van der Waals surface area contributed by atoms with Crippen molar-refractivity contribution >= 4 is 32.8 Å². The topological polar surface area (TPSA) is 64.7 Å². The van der Waals surface area contributed by atoms with E-state index < -0.39 is 0 Å². The molecule has 5 aromatic heterocycles. The molecule has 0 N–H and O–H groups in total. The van der Waals surface area contributed by atoms with E-state index in [9.17, 15) is 0 Å². The molecule has 0 aliphatic rings. The van der Waals surface area contributed by atoms with Gasteiger partial charge < -0.3 is 4.42 Å². The number of pyridine rings is 4. The highest BCUT2D eigenvalue weighted by molar-refractivity contribution is 6.20. The van der Waals surface area contributed by atoms with Crippen LogP contribution in [0.4, 0.5) is 0 Å². The highest BCUT2D eigenvalue weighted by Gasteiger charge is 2.17. The summed E-state index contributed by atoms with van der Waals surface area (Å²) in [5.74, 6) is 0. The average molecular weight is 603 g/mol. The van der Waals surface area contributed by atoms with E-state index in [0.717, 1.165) is 89.1 Å². The molecule has 0 saturated carbocycles. The molecule has 5 heteroatoms. The van der Waals surface area contributed by atoms with E-state index >= 15 is 0 Å². The molecule has 5 nitrogen and oxygen atoms in total. The van der Waals surface area contributed by atoms with E-state index in [-0.39, 0.29) is 0 Å². The second-order valence-corrected chi connectivity index (χ2v) is 11.5. The molecule has 0 aliphatic heterocycles. The number of nitrogens with zero attached hydrogens (tertiary/aromatic N) is 4. The number of rotatable bonds is 5. The average Bonchev–Trinajstić information content (AvgIpc) is 3.55. The van der Waals surface area contributed by atoms with Crippen LogP contribution in [0.15, 0.2) is 162 Å². The van der Waals surface area contributed by atoms with Crippen molar-refractivity contribution in [1.82, 2.24) is 19.9 Å². The van der Waals surface area contributed by atoms with Crippen molar-refractivity contribution in [3.63, 3.8) is 0 Å². The number of furan rings is 1. The van der Waals surface area contributed by atoms with Gasteiger partial charge in [0.15, 0.2) is 5.58 Å². The Morgan fingerprint density at radius 2 is 1.09 bits per heavy atom. The van der Waals surface area contributed by atoms with Crippen LogP contribution in [0.1, 0.15) is 0 Å². The normalized spacial score (nSPS) is 11.4. The van der Waals surface area contributed by atoms with Crippen molar-refractivity contribution in [3.05, 3.63) is 158 Å². The van der Waals surface area contributed by atoms with Gasteiger partial charge in [-0.15, -0.1) is 0 Å². The van der Waals surface area contributed by atoms with Gasteiger partial charge >= 0.3 is 0 Å². The van der Waals surface area contributed by atoms with Crippen molar-refractivity contribution in [3.8, 4) is 56.3 Å². The van der Waals surface area contributed by atoms with Gasteiger partial charge in [0.1, 0.15) is 11.3 Å². The van der Waals surface area contributed by atoms with Crippen LogP contribution in [-0.4, -0.2) is 19.9 Å². The Morgan fingerprint density at radius 1 is 0.426 bits per heavy atom. The van der Waals surface area contributed by atoms with Gasteiger partial charge in [-0.1, -0.05) is 103 Å². The fourth-order valence-corrected chi connectivity index (χ4v) is 6.27. The molecule has 4 aromatic carbocycles. The minimum atomic E-state index is 0.797. The largest absolute Gasteiger partial charge is 0.454 e. The Labute approximate surface area is 270 Å². The van der Waals surface area contributed by atoms with Gasteiger partial charge in [0.25, 0.3) is 0 Å². The Kier molecular flexibility index (Phi) is 6.39. The van der Waals surface area contributed by atoms with Gasteiger partial charge in [-0.05, 0) is 59.2 Å². The Bertz CT molecular complexity index is 2480. The van der Waals surface area contributed by atoms with Crippen LogP contribution in [0, 0.1) is 0 Å². The fourth-order valence-electron chi connectivity index (χ4n) is 6.27. The van der Waals surface area contributed by atoms with Gasteiger partial charge in [0.05, 0.1) is 28.3 Å². The van der Waals surface area contributed by atoms with Gasteiger partial charge in [-0.3, -0.25) is 9.97 Å². The smallest absolute Gasteiger partial charge is 0.162 e. The molecule has 9 rings (SSSR count). The fraction of sp³-hybridized carbons (Fsp3) is 0. The first-order valence-corrected chi connectivity index (χ1v) is 15.5.